The topological polar surface area (TPSA) is 146 Å². The molecule has 0 aliphatic rings. The molecule has 0 fully saturated rings. The number of amides is 2. The number of ether oxygens (including phenoxy) is 1. The maximum Gasteiger partial charge on any atom is 0.420 e. The van der Waals surface area contributed by atoms with Gasteiger partial charge in [-0.15, -0.1) is 0 Å². The third-order valence-corrected chi connectivity index (χ3v) is 3.89. The van der Waals surface area contributed by atoms with Crippen LogP contribution < -0.4 is 16.4 Å². The number of benzene rings is 2. The van der Waals surface area contributed by atoms with Crippen molar-refractivity contribution < 1.29 is 23.7 Å². The number of aromatic nitrogens is 1. The van der Waals surface area contributed by atoms with Crippen molar-refractivity contribution in [2.45, 2.75) is 6.54 Å². The lowest BCUT2D eigenvalue weighted by Gasteiger charge is -2.08. The number of carbonyl (C=O) groups is 2. The van der Waals surface area contributed by atoms with E-state index in [0.29, 0.717) is 11.4 Å². The molecule has 0 bridgehead atoms. The predicted molar refractivity (Wildman–Crippen MR) is 103 cm³/mol. The molecule has 150 valence electrons. The number of nitrogens with one attached hydrogen (secondary N) is 2. The van der Waals surface area contributed by atoms with Gasteiger partial charge in [-0.25, -0.2) is 4.79 Å². The predicted octanol–water partition coefficient (Wildman–Crippen LogP) is 1.73. The van der Waals surface area contributed by atoms with Crippen LogP contribution in [0, 0.1) is 10.1 Å². The van der Waals surface area contributed by atoms with Gasteiger partial charge in [-0.3, -0.25) is 24.3 Å². The lowest BCUT2D eigenvalue weighted by atomic mass is 10.2. The van der Waals surface area contributed by atoms with Crippen molar-refractivity contribution in [3.05, 3.63) is 63.1 Å². The van der Waals surface area contributed by atoms with Gasteiger partial charge in [0.15, 0.2) is 5.58 Å². The van der Waals surface area contributed by atoms with E-state index in [2.05, 4.69) is 10.6 Å². The Balaban J connectivity index is 1.69. The summed E-state index contributed by atoms with van der Waals surface area (Å²) in [5, 5.41) is 16.1. The number of non-ortho nitro benzene ring substituents is 1. The number of methoxy groups -OCH3 is 1. The normalized spacial score (nSPS) is 10.7. The molecule has 0 unspecified atom stereocenters. The summed E-state index contributed by atoms with van der Waals surface area (Å²) in [5.74, 6) is -1.60. The number of nitrogens with zero attached hydrogens (tertiary/aromatic N) is 2. The molecule has 1 aromatic heterocycles. The van der Waals surface area contributed by atoms with Gasteiger partial charge in [-0.1, -0.05) is 0 Å². The molecule has 0 atom stereocenters. The third kappa shape index (κ3) is 4.65. The number of carbonyl (C=O) groups excluding carboxylic acids is 2. The molecule has 0 saturated heterocycles. The van der Waals surface area contributed by atoms with Crippen LogP contribution in [0.25, 0.3) is 11.1 Å². The second-order valence-corrected chi connectivity index (χ2v) is 5.97. The van der Waals surface area contributed by atoms with Crippen LogP contribution in [0.2, 0.25) is 0 Å². The second kappa shape index (κ2) is 8.35. The summed E-state index contributed by atoms with van der Waals surface area (Å²) in [5.41, 5.74) is 1.06. The third-order valence-electron chi connectivity index (χ3n) is 3.89. The number of fused-ring (bicyclic) bond motifs is 1. The molecule has 1 heterocycles. The van der Waals surface area contributed by atoms with Gasteiger partial charge in [0.25, 0.3) is 5.69 Å². The molecule has 11 heteroatoms. The Hall–Kier alpha value is -3.99. The molecule has 11 nitrogen and oxygen atoms in total. The number of nitro groups is 1. The average molecular weight is 400 g/mol. The van der Waals surface area contributed by atoms with Crippen molar-refractivity contribution in [2.24, 2.45) is 0 Å². The SMILES string of the molecule is COCC(=O)Nc1ccc(NC(=O)Cn2c(=O)oc3cc([N+](=O)[O-])ccc32)cc1. The summed E-state index contributed by atoms with van der Waals surface area (Å²) >= 11 is 0. The molecular formula is C18H16N4O7. The van der Waals surface area contributed by atoms with Crippen LogP contribution in [0.5, 0.6) is 0 Å². The van der Waals surface area contributed by atoms with E-state index in [4.69, 9.17) is 9.15 Å². The van der Waals surface area contributed by atoms with Crippen molar-refractivity contribution >= 4 is 40.0 Å². The fraction of sp³-hybridized carbons (Fsp3) is 0.167. The molecule has 3 aromatic rings. The number of rotatable bonds is 7. The van der Waals surface area contributed by atoms with Gasteiger partial charge in [-0.05, 0) is 30.3 Å². The molecule has 2 aromatic carbocycles. The van der Waals surface area contributed by atoms with Crippen LogP contribution in [0.15, 0.2) is 51.7 Å². The molecule has 2 N–H and O–H groups in total. The van der Waals surface area contributed by atoms with Crippen LogP contribution in [-0.2, 0) is 20.9 Å². The highest BCUT2D eigenvalue weighted by molar-refractivity contribution is 5.93. The summed E-state index contributed by atoms with van der Waals surface area (Å²) < 4.78 is 10.8. The van der Waals surface area contributed by atoms with Crippen molar-refractivity contribution in [1.29, 1.82) is 0 Å². The molecule has 0 spiro atoms. The first-order valence-electron chi connectivity index (χ1n) is 8.34. The molecule has 0 radical (unpaired) electrons. The standard InChI is InChI=1S/C18H16N4O7/c1-28-10-17(24)20-12-4-2-11(3-5-12)19-16(23)9-21-14-7-6-13(22(26)27)8-15(14)29-18(21)25/h2-8H,9-10H2,1H3,(H,19,23)(H,20,24). The maximum absolute atomic E-state index is 12.3. The van der Waals surface area contributed by atoms with Gasteiger partial charge in [0, 0.05) is 24.6 Å². The van der Waals surface area contributed by atoms with E-state index < -0.39 is 16.6 Å². The van der Waals surface area contributed by atoms with E-state index in [1.54, 1.807) is 24.3 Å². The molecule has 0 aliphatic carbocycles. The molecule has 2 amide bonds. The Bertz CT molecular complexity index is 1130. The van der Waals surface area contributed by atoms with Crippen molar-refractivity contribution in [3.63, 3.8) is 0 Å². The summed E-state index contributed by atoms with van der Waals surface area (Å²) in [6.45, 7) is -0.412. The maximum atomic E-state index is 12.3. The minimum Gasteiger partial charge on any atom is -0.407 e. The van der Waals surface area contributed by atoms with Crippen LogP contribution in [0.3, 0.4) is 0 Å². The lowest BCUT2D eigenvalue weighted by Crippen LogP contribution is -2.24. The highest BCUT2D eigenvalue weighted by Crippen LogP contribution is 2.20. The van der Waals surface area contributed by atoms with Crippen molar-refractivity contribution in [2.75, 3.05) is 24.4 Å². The fourth-order valence-electron chi connectivity index (χ4n) is 2.63. The molecular weight excluding hydrogens is 384 g/mol. The first-order valence-corrected chi connectivity index (χ1v) is 8.34. The van der Waals surface area contributed by atoms with Crippen LogP contribution in [0.1, 0.15) is 0 Å². The minimum atomic E-state index is -0.799. The van der Waals surface area contributed by atoms with E-state index in [1.807, 2.05) is 0 Å². The first-order chi connectivity index (χ1) is 13.9. The van der Waals surface area contributed by atoms with E-state index in [9.17, 15) is 24.5 Å². The number of hydrogen-bond acceptors (Lipinski definition) is 7. The molecule has 3 rings (SSSR count). The number of hydrogen-bond donors (Lipinski definition) is 2. The quantitative estimate of drug-likeness (QED) is 0.453. The number of oxazole rings is 1. The zero-order valence-corrected chi connectivity index (χ0v) is 15.2. The monoisotopic (exact) mass is 400 g/mol. The molecule has 0 saturated carbocycles. The van der Waals surface area contributed by atoms with Gasteiger partial charge in [0.05, 0.1) is 16.5 Å². The van der Waals surface area contributed by atoms with E-state index in [-0.39, 0.29) is 35.8 Å². The van der Waals surface area contributed by atoms with Crippen molar-refractivity contribution in [3.8, 4) is 0 Å². The Kier molecular flexibility index (Phi) is 5.69. The highest BCUT2D eigenvalue weighted by atomic mass is 16.6. The Morgan fingerprint density at radius 2 is 1.72 bits per heavy atom. The average Bonchev–Trinajstić information content (AvgIpc) is 2.98. The van der Waals surface area contributed by atoms with Crippen molar-refractivity contribution in [1.82, 2.24) is 4.57 Å². The zero-order valence-electron chi connectivity index (χ0n) is 15.2. The Morgan fingerprint density at radius 1 is 1.10 bits per heavy atom. The summed E-state index contributed by atoms with van der Waals surface area (Å²) in [4.78, 5) is 46.0. The highest BCUT2D eigenvalue weighted by Gasteiger charge is 2.16. The van der Waals surface area contributed by atoms with E-state index >= 15 is 0 Å². The van der Waals surface area contributed by atoms with Gasteiger partial charge < -0.3 is 19.8 Å². The number of nitro benzene ring substituents is 1. The fourth-order valence-corrected chi connectivity index (χ4v) is 2.63. The van der Waals surface area contributed by atoms with Gasteiger partial charge in [-0.2, -0.15) is 0 Å². The number of anilines is 2. The largest absolute Gasteiger partial charge is 0.420 e. The van der Waals surface area contributed by atoms with Crippen LogP contribution >= 0.6 is 0 Å². The summed E-state index contributed by atoms with van der Waals surface area (Å²) in [6, 6.07) is 10.1. The zero-order chi connectivity index (χ0) is 21.0. The molecule has 0 aliphatic heterocycles. The van der Waals surface area contributed by atoms with Gasteiger partial charge >= 0.3 is 5.76 Å². The first kappa shape index (κ1) is 19.8. The minimum absolute atomic E-state index is 0.0214. The summed E-state index contributed by atoms with van der Waals surface area (Å²) in [7, 11) is 1.41. The van der Waals surface area contributed by atoms with Crippen LogP contribution in [0.4, 0.5) is 17.1 Å². The van der Waals surface area contributed by atoms with Gasteiger partial charge in [0.1, 0.15) is 13.2 Å². The van der Waals surface area contributed by atoms with E-state index in [0.717, 1.165) is 10.6 Å². The van der Waals surface area contributed by atoms with Gasteiger partial charge in [0.2, 0.25) is 11.8 Å². The lowest BCUT2D eigenvalue weighted by molar-refractivity contribution is -0.384. The van der Waals surface area contributed by atoms with E-state index in [1.165, 1.54) is 19.2 Å². The summed E-state index contributed by atoms with van der Waals surface area (Å²) in [6.07, 6.45) is 0. The molecule has 29 heavy (non-hydrogen) atoms. The second-order valence-electron chi connectivity index (χ2n) is 5.97. The van der Waals surface area contributed by atoms with Crippen LogP contribution in [-0.4, -0.2) is 35.0 Å². The Morgan fingerprint density at radius 3 is 2.31 bits per heavy atom. The smallest absolute Gasteiger partial charge is 0.407 e. The Labute approximate surface area is 163 Å².